The molecule has 0 aliphatic heterocycles. The Morgan fingerprint density at radius 3 is 3.00 bits per heavy atom. The molecule has 0 unspecified atom stereocenters. The molecule has 0 fully saturated rings. The number of aromatic amines is 1. The Morgan fingerprint density at radius 1 is 1.53 bits per heavy atom. The highest BCUT2D eigenvalue weighted by Gasteiger charge is 2.08. The van der Waals surface area contributed by atoms with Crippen LogP contribution in [0.25, 0.3) is 11.0 Å². The summed E-state index contributed by atoms with van der Waals surface area (Å²) in [5, 5.41) is 4.50. The maximum atomic E-state index is 5.68. The van der Waals surface area contributed by atoms with Crippen LogP contribution >= 0.6 is 0 Å². The van der Waals surface area contributed by atoms with E-state index < -0.39 is 0 Å². The average Bonchev–Trinajstić information content (AvgIpc) is 2.61. The molecule has 0 aliphatic rings. The molecule has 0 spiro atoms. The number of hydrogen-bond donors (Lipinski definition) is 3. The van der Waals surface area contributed by atoms with Crippen molar-refractivity contribution in [2.75, 3.05) is 5.32 Å². The standard InChI is InChI=1S/C11H16N4/c1-7(2)15-9-3-4-13-11-10(9)8(5-12)6-14-11/h3-4,6-7H,5,12H2,1-2H3,(H2,13,14,15). The van der Waals surface area contributed by atoms with Gasteiger partial charge in [0.25, 0.3) is 0 Å². The summed E-state index contributed by atoms with van der Waals surface area (Å²) in [5.41, 5.74) is 8.77. The van der Waals surface area contributed by atoms with E-state index in [4.69, 9.17) is 5.73 Å². The molecule has 80 valence electrons. The number of hydrogen-bond acceptors (Lipinski definition) is 3. The largest absolute Gasteiger partial charge is 0.382 e. The summed E-state index contributed by atoms with van der Waals surface area (Å²) in [4.78, 5) is 7.39. The molecule has 2 aromatic heterocycles. The van der Waals surface area contributed by atoms with E-state index in [0.29, 0.717) is 12.6 Å². The Kier molecular flexibility index (Phi) is 2.60. The lowest BCUT2D eigenvalue weighted by Gasteiger charge is -2.11. The summed E-state index contributed by atoms with van der Waals surface area (Å²) >= 11 is 0. The molecule has 0 atom stereocenters. The Labute approximate surface area is 88.9 Å². The Morgan fingerprint density at radius 2 is 2.33 bits per heavy atom. The third-order valence-corrected chi connectivity index (χ3v) is 2.32. The molecule has 15 heavy (non-hydrogen) atoms. The monoisotopic (exact) mass is 204 g/mol. The van der Waals surface area contributed by atoms with E-state index >= 15 is 0 Å². The van der Waals surface area contributed by atoms with Crippen molar-refractivity contribution in [1.29, 1.82) is 0 Å². The van der Waals surface area contributed by atoms with Gasteiger partial charge in [0.05, 0.1) is 0 Å². The molecule has 4 nitrogen and oxygen atoms in total. The molecule has 0 bridgehead atoms. The zero-order chi connectivity index (χ0) is 10.8. The highest BCUT2D eigenvalue weighted by molar-refractivity contribution is 5.92. The van der Waals surface area contributed by atoms with Gasteiger partial charge in [0.15, 0.2) is 0 Å². The molecule has 2 aromatic rings. The number of fused-ring (bicyclic) bond motifs is 1. The van der Waals surface area contributed by atoms with Gasteiger partial charge in [-0.25, -0.2) is 4.98 Å². The van der Waals surface area contributed by atoms with Crippen LogP contribution in [0.1, 0.15) is 19.4 Å². The third-order valence-electron chi connectivity index (χ3n) is 2.32. The summed E-state index contributed by atoms with van der Waals surface area (Å²) in [7, 11) is 0. The molecular formula is C11H16N4. The third kappa shape index (κ3) is 1.80. The van der Waals surface area contributed by atoms with Crippen molar-refractivity contribution in [3.8, 4) is 0 Å². The first-order valence-corrected chi connectivity index (χ1v) is 5.14. The molecule has 0 saturated heterocycles. The number of H-pyrrole nitrogens is 1. The van der Waals surface area contributed by atoms with Crippen molar-refractivity contribution in [1.82, 2.24) is 9.97 Å². The molecule has 4 N–H and O–H groups in total. The van der Waals surface area contributed by atoms with Crippen LogP contribution in [-0.4, -0.2) is 16.0 Å². The summed E-state index contributed by atoms with van der Waals surface area (Å²) in [6.45, 7) is 4.75. The maximum absolute atomic E-state index is 5.68. The minimum atomic E-state index is 0.399. The van der Waals surface area contributed by atoms with E-state index in [0.717, 1.165) is 22.3 Å². The van der Waals surface area contributed by atoms with E-state index in [2.05, 4.69) is 29.1 Å². The first-order valence-electron chi connectivity index (χ1n) is 5.14. The number of nitrogens with one attached hydrogen (secondary N) is 2. The Hall–Kier alpha value is -1.55. The van der Waals surface area contributed by atoms with E-state index in [1.807, 2.05) is 12.3 Å². The summed E-state index contributed by atoms with van der Waals surface area (Å²) in [6, 6.07) is 2.38. The number of aromatic nitrogens is 2. The molecule has 0 aromatic carbocycles. The smallest absolute Gasteiger partial charge is 0.139 e. The van der Waals surface area contributed by atoms with Crippen LogP contribution in [0.4, 0.5) is 5.69 Å². The predicted octanol–water partition coefficient (Wildman–Crippen LogP) is 1.84. The molecule has 0 aliphatic carbocycles. The Bertz CT molecular complexity index is 459. The number of nitrogens with two attached hydrogens (primary N) is 1. The quantitative estimate of drug-likeness (QED) is 0.714. The van der Waals surface area contributed by atoms with Crippen LogP contribution in [0.2, 0.25) is 0 Å². The zero-order valence-electron chi connectivity index (χ0n) is 9.04. The van der Waals surface area contributed by atoms with E-state index in [1.54, 1.807) is 6.20 Å². The van der Waals surface area contributed by atoms with Crippen LogP contribution in [0.15, 0.2) is 18.5 Å². The van der Waals surface area contributed by atoms with Gasteiger partial charge in [-0.1, -0.05) is 0 Å². The number of pyridine rings is 1. The predicted molar refractivity (Wildman–Crippen MR) is 62.7 cm³/mol. The zero-order valence-corrected chi connectivity index (χ0v) is 9.04. The van der Waals surface area contributed by atoms with Gasteiger partial charge in [-0.15, -0.1) is 0 Å². The van der Waals surface area contributed by atoms with Gasteiger partial charge in [0.1, 0.15) is 5.65 Å². The number of rotatable bonds is 3. The van der Waals surface area contributed by atoms with Gasteiger partial charge in [-0.3, -0.25) is 0 Å². The minimum Gasteiger partial charge on any atom is -0.382 e. The van der Waals surface area contributed by atoms with Crippen molar-refractivity contribution >= 4 is 16.7 Å². The normalized spacial score (nSPS) is 11.2. The molecule has 4 heteroatoms. The molecule has 2 rings (SSSR count). The van der Waals surface area contributed by atoms with Crippen LogP contribution in [0.5, 0.6) is 0 Å². The van der Waals surface area contributed by atoms with Gasteiger partial charge < -0.3 is 16.0 Å². The van der Waals surface area contributed by atoms with Crippen LogP contribution in [0, 0.1) is 0 Å². The van der Waals surface area contributed by atoms with Crippen LogP contribution in [-0.2, 0) is 6.54 Å². The van der Waals surface area contributed by atoms with Gasteiger partial charge >= 0.3 is 0 Å². The van der Waals surface area contributed by atoms with Gasteiger partial charge in [0.2, 0.25) is 0 Å². The molecule has 0 amide bonds. The van der Waals surface area contributed by atoms with Crippen molar-refractivity contribution in [2.24, 2.45) is 5.73 Å². The van der Waals surface area contributed by atoms with Crippen LogP contribution < -0.4 is 11.1 Å². The van der Waals surface area contributed by atoms with Gasteiger partial charge in [0, 0.05) is 36.1 Å². The molecule has 0 radical (unpaired) electrons. The summed E-state index contributed by atoms with van der Waals surface area (Å²) in [5.74, 6) is 0. The average molecular weight is 204 g/mol. The molecule has 0 saturated carbocycles. The fraction of sp³-hybridized carbons (Fsp3) is 0.364. The second-order valence-electron chi connectivity index (χ2n) is 3.90. The lowest BCUT2D eigenvalue weighted by molar-refractivity contribution is 0.901. The molecular weight excluding hydrogens is 188 g/mol. The first-order chi connectivity index (χ1) is 7.22. The first kappa shape index (κ1) is 9.98. The van der Waals surface area contributed by atoms with Crippen molar-refractivity contribution in [3.63, 3.8) is 0 Å². The summed E-state index contributed by atoms with van der Waals surface area (Å²) in [6.07, 6.45) is 3.72. The fourth-order valence-electron chi connectivity index (χ4n) is 1.72. The lowest BCUT2D eigenvalue weighted by Crippen LogP contribution is -2.10. The van der Waals surface area contributed by atoms with Gasteiger partial charge in [-0.05, 0) is 25.5 Å². The minimum absolute atomic E-state index is 0.399. The van der Waals surface area contributed by atoms with Gasteiger partial charge in [-0.2, -0.15) is 0 Å². The SMILES string of the molecule is CC(C)Nc1ccnc2[nH]cc(CN)c12. The highest BCUT2D eigenvalue weighted by atomic mass is 14.9. The van der Waals surface area contributed by atoms with E-state index in [9.17, 15) is 0 Å². The fourth-order valence-corrected chi connectivity index (χ4v) is 1.72. The second kappa shape index (κ2) is 3.90. The topological polar surface area (TPSA) is 66.7 Å². The number of anilines is 1. The lowest BCUT2D eigenvalue weighted by atomic mass is 10.2. The van der Waals surface area contributed by atoms with E-state index in [-0.39, 0.29) is 0 Å². The van der Waals surface area contributed by atoms with Crippen molar-refractivity contribution < 1.29 is 0 Å². The highest BCUT2D eigenvalue weighted by Crippen LogP contribution is 2.25. The Balaban J connectivity index is 2.56. The van der Waals surface area contributed by atoms with Crippen molar-refractivity contribution in [2.45, 2.75) is 26.4 Å². The maximum Gasteiger partial charge on any atom is 0.139 e. The molecule has 2 heterocycles. The second-order valence-corrected chi connectivity index (χ2v) is 3.90. The number of nitrogens with zero attached hydrogens (tertiary/aromatic N) is 1. The summed E-state index contributed by atoms with van der Waals surface area (Å²) < 4.78 is 0. The van der Waals surface area contributed by atoms with Crippen molar-refractivity contribution in [3.05, 3.63) is 24.0 Å². The van der Waals surface area contributed by atoms with E-state index in [1.165, 1.54) is 0 Å². The van der Waals surface area contributed by atoms with Crippen LogP contribution in [0.3, 0.4) is 0 Å².